The van der Waals surface area contributed by atoms with E-state index in [2.05, 4.69) is 4.98 Å². The van der Waals surface area contributed by atoms with Crippen molar-refractivity contribution in [1.82, 2.24) is 9.97 Å². The summed E-state index contributed by atoms with van der Waals surface area (Å²) in [6.07, 6.45) is 0. The maximum atomic E-state index is 11.9. The van der Waals surface area contributed by atoms with Crippen LogP contribution in [0.15, 0.2) is 45.3 Å². The minimum Gasteiger partial charge on any atom is -0.433 e. The number of fused-ring (bicyclic) bond motifs is 1. The van der Waals surface area contributed by atoms with Crippen molar-refractivity contribution in [3.63, 3.8) is 0 Å². The van der Waals surface area contributed by atoms with Crippen LogP contribution in [0.25, 0.3) is 0 Å². The molecule has 0 radical (unpaired) electrons. The Labute approximate surface area is 133 Å². The molecule has 0 fully saturated rings. The first-order valence-electron chi connectivity index (χ1n) is 6.61. The van der Waals surface area contributed by atoms with E-state index in [0.29, 0.717) is 0 Å². The van der Waals surface area contributed by atoms with Gasteiger partial charge < -0.3 is 15.5 Å². The molecule has 0 spiro atoms. The molecule has 0 unspecified atom stereocenters. The number of para-hydroxylation sites is 1. The van der Waals surface area contributed by atoms with Crippen molar-refractivity contribution in [1.29, 1.82) is 5.26 Å². The van der Waals surface area contributed by atoms with Crippen LogP contribution in [0, 0.1) is 21.4 Å². The maximum Gasteiger partial charge on any atom is 0.326 e. The molecule has 0 saturated carbocycles. The van der Waals surface area contributed by atoms with Crippen molar-refractivity contribution in [2.45, 2.75) is 5.92 Å². The Morgan fingerprint density at radius 1 is 1.29 bits per heavy atom. The number of aromatic nitrogens is 2. The highest BCUT2D eigenvalue weighted by Gasteiger charge is 2.36. The summed E-state index contributed by atoms with van der Waals surface area (Å²) in [6.45, 7) is 0. The molecule has 1 aromatic carbocycles. The van der Waals surface area contributed by atoms with E-state index >= 15 is 0 Å². The molecule has 24 heavy (non-hydrogen) atoms. The predicted molar refractivity (Wildman–Crippen MR) is 80.1 cm³/mol. The summed E-state index contributed by atoms with van der Waals surface area (Å²) in [5, 5.41) is 20.7. The highest BCUT2D eigenvalue weighted by atomic mass is 16.6. The zero-order chi connectivity index (χ0) is 17.4. The zero-order valence-corrected chi connectivity index (χ0v) is 11.9. The Morgan fingerprint density at radius 2 is 2.00 bits per heavy atom. The lowest BCUT2D eigenvalue weighted by molar-refractivity contribution is -0.385. The molecular formula is C14H9N5O5. The standard InChI is InChI=1S/C14H9N5O5/c15-5-7-9(6-3-1-2-4-8(6)19(22)23)10-11(24-12(7)16)13(20)18-14(21)17-10/h1-4,9H,16H2,(H2,17,18,20,21)/t9-/m1/s1. The average molecular weight is 327 g/mol. The van der Waals surface area contributed by atoms with Crippen molar-refractivity contribution < 1.29 is 9.66 Å². The first-order chi connectivity index (χ1) is 11.4. The molecule has 0 aliphatic carbocycles. The fourth-order valence-corrected chi connectivity index (χ4v) is 2.58. The van der Waals surface area contributed by atoms with E-state index in [1.165, 1.54) is 24.3 Å². The Bertz CT molecular complexity index is 1040. The van der Waals surface area contributed by atoms with Crippen molar-refractivity contribution >= 4 is 5.69 Å². The molecule has 0 bridgehead atoms. The van der Waals surface area contributed by atoms with Crippen LogP contribution >= 0.6 is 0 Å². The first kappa shape index (κ1) is 15.0. The second kappa shape index (κ2) is 5.40. The molecule has 120 valence electrons. The van der Waals surface area contributed by atoms with E-state index in [-0.39, 0.29) is 34.2 Å². The maximum absolute atomic E-state index is 11.9. The number of nitrogens with two attached hydrogens (primary N) is 1. The van der Waals surface area contributed by atoms with Crippen molar-refractivity contribution in [3.8, 4) is 11.8 Å². The van der Waals surface area contributed by atoms with E-state index < -0.39 is 22.1 Å². The summed E-state index contributed by atoms with van der Waals surface area (Å²) in [5.41, 5.74) is 3.62. The number of H-pyrrole nitrogens is 2. The van der Waals surface area contributed by atoms with Crippen LogP contribution in [0.2, 0.25) is 0 Å². The quantitative estimate of drug-likeness (QED) is 0.522. The second-order valence-corrected chi connectivity index (χ2v) is 4.89. The van der Waals surface area contributed by atoms with Gasteiger partial charge in [0.15, 0.2) is 0 Å². The summed E-state index contributed by atoms with van der Waals surface area (Å²) >= 11 is 0. The van der Waals surface area contributed by atoms with Crippen LogP contribution in [-0.2, 0) is 0 Å². The van der Waals surface area contributed by atoms with Gasteiger partial charge in [-0.3, -0.25) is 19.9 Å². The third-order valence-corrected chi connectivity index (χ3v) is 3.55. The molecule has 2 aromatic rings. The van der Waals surface area contributed by atoms with Gasteiger partial charge in [0.05, 0.1) is 16.5 Å². The Morgan fingerprint density at radius 3 is 2.67 bits per heavy atom. The normalized spacial score (nSPS) is 16.0. The summed E-state index contributed by atoms with van der Waals surface area (Å²) in [6, 6.07) is 7.49. The minimum absolute atomic E-state index is 0.0659. The highest BCUT2D eigenvalue weighted by molar-refractivity contribution is 5.57. The van der Waals surface area contributed by atoms with Gasteiger partial charge in [0, 0.05) is 11.6 Å². The molecule has 10 nitrogen and oxygen atoms in total. The molecule has 1 atom stereocenters. The molecule has 4 N–H and O–H groups in total. The SMILES string of the molecule is N#CC1=C(N)Oc2c([nH]c(=O)[nH]c2=O)[C@@H]1c1ccccc1[N+](=O)[O-]. The number of nitrogens with one attached hydrogen (secondary N) is 2. The van der Waals surface area contributed by atoms with Gasteiger partial charge in [0.2, 0.25) is 11.6 Å². The van der Waals surface area contributed by atoms with Gasteiger partial charge in [-0.1, -0.05) is 18.2 Å². The smallest absolute Gasteiger partial charge is 0.326 e. The Kier molecular flexibility index (Phi) is 3.38. The number of ether oxygens (including phenoxy) is 1. The second-order valence-electron chi connectivity index (χ2n) is 4.89. The average Bonchev–Trinajstić information content (AvgIpc) is 2.54. The molecular weight excluding hydrogens is 318 g/mol. The van der Waals surface area contributed by atoms with Crippen LogP contribution in [0.3, 0.4) is 0 Å². The summed E-state index contributed by atoms with van der Waals surface area (Å²) in [7, 11) is 0. The summed E-state index contributed by atoms with van der Waals surface area (Å²) in [5.74, 6) is -1.77. The van der Waals surface area contributed by atoms with E-state index in [4.69, 9.17) is 10.5 Å². The molecule has 1 aromatic heterocycles. The number of nitrogens with zero attached hydrogens (tertiary/aromatic N) is 2. The fourth-order valence-electron chi connectivity index (χ4n) is 2.58. The number of allylic oxidation sites excluding steroid dienone is 1. The molecule has 0 saturated heterocycles. The predicted octanol–water partition coefficient (Wildman–Crippen LogP) is 0.190. The lowest BCUT2D eigenvalue weighted by atomic mass is 9.86. The van der Waals surface area contributed by atoms with Crippen molar-refractivity contribution in [2.24, 2.45) is 5.73 Å². The van der Waals surface area contributed by atoms with Gasteiger partial charge in [-0.15, -0.1) is 0 Å². The summed E-state index contributed by atoms with van der Waals surface area (Å²) < 4.78 is 5.12. The minimum atomic E-state index is -1.10. The van der Waals surface area contributed by atoms with Crippen molar-refractivity contribution in [3.05, 3.63) is 77.9 Å². The topological polar surface area (TPSA) is 168 Å². The lowest BCUT2D eigenvalue weighted by Crippen LogP contribution is -2.32. The number of nitro benzene ring substituents is 1. The monoisotopic (exact) mass is 327 g/mol. The van der Waals surface area contributed by atoms with E-state index in [1.807, 2.05) is 11.1 Å². The van der Waals surface area contributed by atoms with E-state index in [1.54, 1.807) is 0 Å². The van der Waals surface area contributed by atoms with Gasteiger partial charge in [0.25, 0.3) is 11.2 Å². The molecule has 10 heteroatoms. The first-order valence-corrected chi connectivity index (χ1v) is 6.61. The number of nitro groups is 1. The van der Waals surface area contributed by atoms with Crippen LogP contribution in [0.5, 0.6) is 5.75 Å². The molecule has 3 rings (SSSR count). The lowest BCUT2D eigenvalue weighted by Gasteiger charge is -2.24. The van der Waals surface area contributed by atoms with Gasteiger partial charge in [-0.2, -0.15) is 5.26 Å². The van der Waals surface area contributed by atoms with Gasteiger partial charge in [-0.05, 0) is 0 Å². The van der Waals surface area contributed by atoms with Crippen LogP contribution in [-0.4, -0.2) is 14.9 Å². The number of benzene rings is 1. The van der Waals surface area contributed by atoms with Crippen LogP contribution < -0.4 is 21.7 Å². The third-order valence-electron chi connectivity index (χ3n) is 3.55. The van der Waals surface area contributed by atoms with Crippen LogP contribution in [0.1, 0.15) is 17.2 Å². The van der Waals surface area contributed by atoms with Gasteiger partial charge in [-0.25, -0.2) is 4.79 Å². The fraction of sp³-hybridized carbons (Fsp3) is 0.0714. The molecule has 1 aliphatic heterocycles. The van der Waals surface area contributed by atoms with E-state index in [9.17, 15) is 25.0 Å². The largest absolute Gasteiger partial charge is 0.433 e. The van der Waals surface area contributed by atoms with Gasteiger partial charge in [0.1, 0.15) is 11.6 Å². The van der Waals surface area contributed by atoms with E-state index in [0.717, 1.165) is 0 Å². The van der Waals surface area contributed by atoms with Crippen LogP contribution in [0.4, 0.5) is 5.69 Å². The van der Waals surface area contributed by atoms with Crippen molar-refractivity contribution in [2.75, 3.05) is 0 Å². The molecule has 1 aliphatic rings. The number of aromatic amines is 2. The number of nitriles is 1. The third kappa shape index (κ3) is 2.20. The van der Waals surface area contributed by atoms with Gasteiger partial charge >= 0.3 is 5.69 Å². The highest BCUT2D eigenvalue weighted by Crippen LogP contribution is 2.41. The zero-order valence-electron chi connectivity index (χ0n) is 11.9. The number of hydrogen-bond acceptors (Lipinski definition) is 7. The number of hydrogen-bond donors (Lipinski definition) is 3. The Hall–Kier alpha value is -3.87. The molecule has 2 heterocycles. The molecule has 0 amide bonds. The number of rotatable bonds is 2. The summed E-state index contributed by atoms with van der Waals surface area (Å²) in [4.78, 5) is 38.5. The Balaban J connectivity index is 2.39.